The molecule has 0 atom stereocenters. The lowest BCUT2D eigenvalue weighted by Crippen LogP contribution is -2.12. The number of benzene rings is 2. The van der Waals surface area contributed by atoms with Crippen LogP contribution < -0.4 is 10.5 Å². The highest BCUT2D eigenvalue weighted by atomic mass is 35.5. The maximum atomic E-state index is 13.5. The van der Waals surface area contributed by atoms with Gasteiger partial charge in [0.05, 0.1) is 21.8 Å². The van der Waals surface area contributed by atoms with Crippen molar-refractivity contribution in [2.75, 3.05) is 5.32 Å². The number of imidazole rings is 1. The van der Waals surface area contributed by atoms with E-state index >= 15 is 0 Å². The highest BCUT2D eigenvalue weighted by molar-refractivity contribution is 7.89. The van der Waals surface area contributed by atoms with Gasteiger partial charge in [-0.2, -0.15) is 0 Å². The minimum atomic E-state index is -3.72. The molecule has 0 unspecified atom stereocenters. The molecule has 2 heterocycles. The molecule has 3 N–H and O–H groups in total. The lowest BCUT2D eigenvalue weighted by atomic mass is 10.1. The molecule has 4 rings (SSSR count). The Kier molecular flexibility index (Phi) is 4.95. The second-order valence-corrected chi connectivity index (χ2v) is 8.25. The van der Waals surface area contributed by atoms with Gasteiger partial charge in [0.15, 0.2) is 11.5 Å². The van der Waals surface area contributed by atoms with Gasteiger partial charge in [-0.05, 0) is 35.9 Å². The molecule has 0 bridgehead atoms. The number of primary sulfonamides is 1. The van der Waals surface area contributed by atoms with Crippen molar-refractivity contribution in [1.82, 2.24) is 14.4 Å². The average Bonchev–Trinajstić information content (AvgIpc) is 3.13. The minimum Gasteiger partial charge on any atom is -0.363 e. The zero-order chi connectivity index (χ0) is 20.6. The molecular formula is C19H15ClFN5O2S. The number of hydrogen-bond acceptors (Lipinski definition) is 5. The fourth-order valence-corrected chi connectivity index (χ4v) is 3.59. The summed E-state index contributed by atoms with van der Waals surface area (Å²) in [6.07, 6.45) is 5.03. The molecule has 0 fully saturated rings. The Morgan fingerprint density at radius 3 is 2.59 bits per heavy atom. The largest absolute Gasteiger partial charge is 0.363 e. The third-order valence-electron chi connectivity index (χ3n) is 4.36. The molecule has 0 aliphatic heterocycles. The van der Waals surface area contributed by atoms with Crippen LogP contribution >= 0.6 is 11.6 Å². The molecular weight excluding hydrogens is 417 g/mol. The first-order chi connectivity index (χ1) is 13.8. The van der Waals surface area contributed by atoms with Crippen LogP contribution in [-0.2, 0) is 16.6 Å². The summed E-state index contributed by atoms with van der Waals surface area (Å²) in [6, 6.07) is 10.7. The number of sulfonamides is 1. The minimum absolute atomic E-state index is 0.0350. The Morgan fingerprint density at radius 1 is 1.14 bits per heavy atom. The molecule has 7 nitrogen and oxygen atoms in total. The molecule has 29 heavy (non-hydrogen) atoms. The summed E-state index contributed by atoms with van der Waals surface area (Å²) in [5.41, 5.74) is 2.90. The zero-order valence-electron chi connectivity index (χ0n) is 14.9. The van der Waals surface area contributed by atoms with Gasteiger partial charge in [-0.25, -0.2) is 27.9 Å². The summed E-state index contributed by atoms with van der Waals surface area (Å²) in [5, 5.41) is 8.33. The Bertz CT molecular complexity index is 1310. The molecule has 4 aromatic rings. The number of rotatable bonds is 5. The average molecular weight is 432 g/mol. The van der Waals surface area contributed by atoms with Gasteiger partial charge in [0, 0.05) is 24.5 Å². The second kappa shape index (κ2) is 7.43. The van der Waals surface area contributed by atoms with Crippen molar-refractivity contribution in [1.29, 1.82) is 0 Å². The predicted octanol–water partition coefficient (Wildman–Crippen LogP) is 3.45. The van der Waals surface area contributed by atoms with Crippen molar-refractivity contribution in [2.24, 2.45) is 5.14 Å². The maximum Gasteiger partial charge on any atom is 0.238 e. The van der Waals surface area contributed by atoms with Crippen molar-refractivity contribution in [2.45, 2.75) is 11.4 Å². The highest BCUT2D eigenvalue weighted by Gasteiger charge is 2.12. The van der Waals surface area contributed by atoms with Crippen LogP contribution in [0, 0.1) is 5.82 Å². The van der Waals surface area contributed by atoms with Gasteiger partial charge in [-0.3, -0.25) is 4.40 Å². The van der Waals surface area contributed by atoms with E-state index in [1.54, 1.807) is 42.9 Å². The summed E-state index contributed by atoms with van der Waals surface area (Å²) in [7, 11) is -3.72. The van der Waals surface area contributed by atoms with Crippen molar-refractivity contribution in [3.05, 3.63) is 77.5 Å². The molecule has 0 saturated heterocycles. The van der Waals surface area contributed by atoms with Gasteiger partial charge >= 0.3 is 0 Å². The van der Waals surface area contributed by atoms with Gasteiger partial charge < -0.3 is 5.32 Å². The molecule has 2 aromatic carbocycles. The van der Waals surface area contributed by atoms with E-state index in [4.69, 9.17) is 16.7 Å². The van der Waals surface area contributed by atoms with Gasteiger partial charge in [0.2, 0.25) is 10.0 Å². The third kappa shape index (κ3) is 3.93. The number of nitrogens with two attached hydrogens (primary N) is 1. The number of nitrogens with zero attached hydrogens (tertiary/aromatic N) is 3. The smallest absolute Gasteiger partial charge is 0.238 e. The Balaban J connectivity index is 1.60. The van der Waals surface area contributed by atoms with Crippen molar-refractivity contribution < 1.29 is 12.8 Å². The molecule has 0 spiro atoms. The van der Waals surface area contributed by atoms with E-state index < -0.39 is 15.8 Å². The fourth-order valence-electron chi connectivity index (χ4n) is 2.90. The standard InChI is InChI=1S/C19H15ClFN5O2S/c20-15-9-13(3-6-16(15)21)17-11-25-19-18(23-7-8-26(17)19)24-10-12-1-4-14(5-2-12)29(22,27)28/h1-9,11H,10H2,(H,23,24)(H2,22,27,28). The maximum absolute atomic E-state index is 13.5. The quantitative estimate of drug-likeness (QED) is 0.504. The molecule has 0 saturated carbocycles. The summed E-state index contributed by atoms with van der Waals surface area (Å²) < 4.78 is 38.0. The lowest BCUT2D eigenvalue weighted by molar-refractivity contribution is 0.597. The summed E-state index contributed by atoms with van der Waals surface area (Å²) in [4.78, 5) is 8.79. The first kappa shape index (κ1) is 19.3. The zero-order valence-corrected chi connectivity index (χ0v) is 16.5. The molecule has 0 radical (unpaired) electrons. The van der Waals surface area contributed by atoms with E-state index in [0.29, 0.717) is 18.0 Å². The first-order valence-corrected chi connectivity index (χ1v) is 10.4. The van der Waals surface area contributed by atoms with Crippen LogP contribution in [-0.4, -0.2) is 22.8 Å². The molecule has 0 amide bonds. The summed E-state index contributed by atoms with van der Waals surface area (Å²) in [6.45, 7) is 0.405. The Hall–Kier alpha value is -3.01. The number of anilines is 1. The first-order valence-electron chi connectivity index (χ1n) is 8.46. The van der Waals surface area contributed by atoms with Gasteiger partial charge in [-0.15, -0.1) is 0 Å². The topological polar surface area (TPSA) is 102 Å². The van der Waals surface area contributed by atoms with Crippen LogP contribution in [0.3, 0.4) is 0 Å². The van der Waals surface area contributed by atoms with Gasteiger partial charge in [-0.1, -0.05) is 23.7 Å². The van der Waals surface area contributed by atoms with Crippen LogP contribution in [0.25, 0.3) is 16.9 Å². The number of fused-ring (bicyclic) bond motifs is 1. The predicted molar refractivity (Wildman–Crippen MR) is 109 cm³/mol. The van der Waals surface area contributed by atoms with Crippen LogP contribution in [0.2, 0.25) is 5.02 Å². The Labute approximate surface area is 171 Å². The van der Waals surface area contributed by atoms with E-state index in [-0.39, 0.29) is 9.92 Å². The molecule has 148 valence electrons. The number of aromatic nitrogens is 3. The molecule has 0 aliphatic rings. The van der Waals surface area contributed by atoms with E-state index in [1.807, 2.05) is 4.40 Å². The van der Waals surface area contributed by atoms with Gasteiger partial charge in [0.25, 0.3) is 0 Å². The van der Waals surface area contributed by atoms with E-state index in [9.17, 15) is 12.8 Å². The van der Waals surface area contributed by atoms with Crippen LogP contribution in [0.1, 0.15) is 5.56 Å². The molecule has 10 heteroatoms. The normalized spacial score (nSPS) is 11.7. The number of hydrogen-bond donors (Lipinski definition) is 2. The lowest BCUT2D eigenvalue weighted by Gasteiger charge is -2.09. The number of nitrogens with one attached hydrogen (secondary N) is 1. The SMILES string of the molecule is NS(=O)(=O)c1ccc(CNc2nccn3c(-c4ccc(F)c(Cl)c4)cnc23)cc1. The summed E-state index contributed by atoms with van der Waals surface area (Å²) in [5.74, 6) is 0.0594. The van der Waals surface area contributed by atoms with Crippen molar-refractivity contribution >= 4 is 33.1 Å². The monoisotopic (exact) mass is 431 g/mol. The van der Waals surface area contributed by atoms with E-state index in [0.717, 1.165) is 16.8 Å². The molecule has 0 aliphatic carbocycles. The van der Waals surface area contributed by atoms with Crippen LogP contribution in [0.5, 0.6) is 0 Å². The second-order valence-electron chi connectivity index (χ2n) is 6.28. The Morgan fingerprint density at radius 2 is 1.90 bits per heavy atom. The molecule has 2 aromatic heterocycles. The van der Waals surface area contributed by atoms with E-state index in [1.165, 1.54) is 18.2 Å². The van der Waals surface area contributed by atoms with Gasteiger partial charge in [0.1, 0.15) is 5.82 Å². The van der Waals surface area contributed by atoms with Crippen LogP contribution in [0.4, 0.5) is 10.2 Å². The van der Waals surface area contributed by atoms with Crippen LogP contribution in [0.15, 0.2) is 66.0 Å². The third-order valence-corrected chi connectivity index (χ3v) is 5.57. The summed E-state index contributed by atoms with van der Waals surface area (Å²) >= 11 is 5.90. The van der Waals surface area contributed by atoms with Crippen molar-refractivity contribution in [3.63, 3.8) is 0 Å². The van der Waals surface area contributed by atoms with E-state index in [2.05, 4.69) is 15.3 Å². The number of halogens is 2. The highest BCUT2D eigenvalue weighted by Crippen LogP contribution is 2.27. The fraction of sp³-hybridized carbons (Fsp3) is 0.0526. The van der Waals surface area contributed by atoms with Crippen molar-refractivity contribution in [3.8, 4) is 11.3 Å².